The molecule has 1 N–H and O–H groups in total. The summed E-state index contributed by atoms with van der Waals surface area (Å²) in [7, 11) is 0. The van der Waals surface area contributed by atoms with E-state index in [0.29, 0.717) is 5.75 Å². The number of thiol groups is 1. The first-order chi connectivity index (χ1) is 1.91. The van der Waals surface area contributed by atoms with Crippen molar-refractivity contribution in [3.8, 4) is 0 Å². The van der Waals surface area contributed by atoms with Gasteiger partial charge in [-0.1, -0.05) is 0 Å². The molecule has 0 aliphatic carbocycles. The maximum atomic E-state index is 7.67. The van der Waals surface area contributed by atoms with Crippen molar-refractivity contribution >= 4 is 12.6 Å². The molecule has 3 heteroatoms. The third-order valence-electron chi connectivity index (χ3n) is 0.0816. The van der Waals surface area contributed by atoms with Gasteiger partial charge < -0.3 is 5.11 Å². The Morgan fingerprint density at radius 1 is 1.80 bits per heavy atom. The van der Waals surface area contributed by atoms with Gasteiger partial charge in [0.05, 0.1) is 0 Å². The van der Waals surface area contributed by atoms with Crippen LogP contribution in [0.15, 0.2) is 0 Å². The zero-order chi connectivity index (χ0) is 3.41. The van der Waals surface area contributed by atoms with E-state index in [-0.39, 0.29) is 51.4 Å². The largest absolute Gasteiger partial charge is 1.00 e. The molecule has 0 radical (unpaired) electrons. The maximum Gasteiger partial charge on any atom is 1.00 e. The van der Waals surface area contributed by atoms with Crippen LogP contribution in [0.2, 0.25) is 0 Å². The van der Waals surface area contributed by atoms with Crippen LogP contribution in [0.5, 0.6) is 0 Å². The summed E-state index contributed by atoms with van der Waals surface area (Å²) in [5.41, 5.74) is 0. The van der Waals surface area contributed by atoms with Crippen molar-refractivity contribution in [2.45, 2.75) is 0 Å². The molecule has 0 heterocycles. The second-order valence-corrected chi connectivity index (χ2v) is 0.730. The van der Waals surface area contributed by atoms with E-state index in [1.165, 1.54) is 0 Å². The van der Waals surface area contributed by atoms with Crippen LogP contribution in [0.1, 0.15) is 0 Å². The van der Waals surface area contributed by atoms with Crippen LogP contribution < -0.4 is 51.4 Å². The fraction of sp³-hybridized carbons (Fsp3) is 0.500. The molecule has 0 saturated carbocycles. The van der Waals surface area contributed by atoms with E-state index in [9.17, 15) is 0 Å². The predicted octanol–water partition coefficient (Wildman–Crippen LogP) is -2.55. The van der Waals surface area contributed by atoms with Crippen LogP contribution in [0, 0.1) is 6.61 Å². The molecule has 0 aromatic carbocycles. The smallest absolute Gasteiger partial charge is 0.565 e. The fourth-order valence-electron chi connectivity index (χ4n) is 0. The van der Waals surface area contributed by atoms with Gasteiger partial charge in [-0.15, -0.1) is 5.75 Å². The molecule has 0 aliphatic rings. The Kier molecular flexibility index (Phi) is 18.8. The van der Waals surface area contributed by atoms with Crippen LogP contribution in [-0.2, 0) is 0 Å². The van der Waals surface area contributed by atoms with Gasteiger partial charge in [-0.05, 0) is 0 Å². The van der Waals surface area contributed by atoms with Crippen LogP contribution in [0.25, 0.3) is 0 Å². The predicted molar refractivity (Wildman–Crippen MR) is 20.1 cm³/mol. The molecule has 0 aliphatic heterocycles. The van der Waals surface area contributed by atoms with E-state index in [0.717, 1.165) is 6.61 Å². The summed E-state index contributed by atoms with van der Waals surface area (Å²) in [6.07, 6.45) is 0. The molecule has 0 unspecified atom stereocenters. The average Bonchev–Trinajstić information content (AvgIpc) is 1.37. The number of aliphatic hydroxyl groups excluding tert-OH is 1. The van der Waals surface area contributed by atoms with Gasteiger partial charge in [-0.25, -0.2) is 19.2 Å². The van der Waals surface area contributed by atoms with Crippen LogP contribution in [0.4, 0.5) is 0 Å². The summed E-state index contributed by atoms with van der Waals surface area (Å²) in [5.74, 6) is 0.444. The molecule has 5 heavy (non-hydrogen) atoms. The second-order valence-electron chi connectivity index (χ2n) is 0.365. The minimum Gasteiger partial charge on any atom is -0.565 e. The number of rotatable bonds is 1. The van der Waals surface area contributed by atoms with Crippen LogP contribution in [-0.4, -0.2) is 10.9 Å². The third-order valence-corrected chi connectivity index (χ3v) is 0.245. The third kappa shape index (κ3) is 10.7. The van der Waals surface area contributed by atoms with Gasteiger partial charge in [0.1, 0.15) is 0 Å². The average molecular weight is 116 g/mol. The SMILES string of the molecule is O[CH-]CS.[K+]. The summed E-state index contributed by atoms with van der Waals surface area (Å²) in [4.78, 5) is 0. The van der Waals surface area contributed by atoms with Crippen LogP contribution in [0.3, 0.4) is 0 Å². The Bertz CT molecular complexity index is 11.6. The molecule has 0 rings (SSSR count). The van der Waals surface area contributed by atoms with E-state index in [4.69, 9.17) is 5.11 Å². The van der Waals surface area contributed by atoms with Gasteiger partial charge in [-0.3, -0.25) is 0 Å². The van der Waals surface area contributed by atoms with Crippen molar-refractivity contribution in [1.82, 2.24) is 0 Å². The summed E-state index contributed by atoms with van der Waals surface area (Å²) >= 11 is 3.61. The number of aliphatic hydroxyl groups is 1. The molecule has 0 aromatic heterocycles. The van der Waals surface area contributed by atoms with E-state index < -0.39 is 0 Å². The molecular weight excluding hydrogens is 111 g/mol. The summed E-state index contributed by atoms with van der Waals surface area (Å²) in [5, 5.41) is 7.67. The molecule has 0 amide bonds. The molecule has 0 aromatic rings. The van der Waals surface area contributed by atoms with Crippen molar-refractivity contribution in [2.75, 3.05) is 5.75 Å². The fourth-order valence-corrected chi connectivity index (χ4v) is 0. The van der Waals surface area contributed by atoms with Crippen molar-refractivity contribution < 1.29 is 56.5 Å². The topological polar surface area (TPSA) is 20.2 Å². The first-order valence-corrected chi connectivity index (χ1v) is 1.62. The quantitative estimate of drug-likeness (QED) is 0.220. The Morgan fingerprint density at radius 3 is 2.00 bits per heavy atom. The Labute approximate surface area is 80.0 Å². The summed E-state index contributed by atoms with van der Waals surface area (Å²) in [6, 6.07) is 0. The molecule has 0 atom stereocenters. The Balaban J connectivity index is 0. The molecule has 0 bridgehead atoms. The molecule has 0 fully saturated rings. The van der Waals surface area contributed by atoms with Crippen molar-refractivity contribution in [2.24, 2.45) is 0 Å². The minimum atomic E-state index is 0. The summed E-state index contributed by atoms with van der Waals surface area (Å²) < 4.78 is 0. The Morgan fingerprint density at radius 2 is 2.00 bits per heavy atom. The zero-order valence-electron chi connectivity index (χ0n) is 3.18. The zero-order valence-corrected chi connectivity index (χ0v) is 7.20. The molecular formula is C2H5KOS. The van der Waals surface area contributed by atoms with Crippen LogP contribution >= 0.6 is 12.6 Å². The van der Waals surface area contributed by atoms with Crippen molar-refractivity contribution in [3.63, 3.8) is 0 Å². The molecule has 1 nitrogen and oxygen atoms in total. The normalized spacial score (nSPS) is 6.00. The van der Waals surface area contributed by atoms with Gasteiger partial charge in [0.25, 0.3) is 0 Å². The minimum absolute atomic E-state index is 0. The molecule has 0 saturated heterocycles. The monoisotopic (exact) mass is 116 g/mol. The van der Waals surface area contributed by atoms with Crippen molar-refractivity contribution in [3.05, 3.63) is 6.61 Å². The van der Waals surface area contributed by atoms with Gasteiger partial charge in [0.2, 0.25) is 0 Å². The van der Waals surface area contributed by atoms with Gasteiger partial charge in [0, 0.05) is 0 Å². The summed E-state index contributed by atoms with van der Waals surface area (Å²) in [6.45, 7) is 0.989. The molecule has 26 valence electrons. The first-order valence-electron chi connectivity index (χ1n) is 0.983. The van der Waals surface area contributed by atoms with Gasteiger partial charge >= 0.3 is 51.4 Å². The molecule has 0 spiro atoms. The van der Waals surface area contributed by atoms with Gasteiger partial charge in [0.15, 0.2) is 0 Å². The maximum absolute atomic E-state index is 7.67. The van der Waals surface area contributed by atoms with E-state index in [1.54, 1.807) is 0 Å². The van der Waals surface area contributed by atoms with Gasteiger partial charge in [-0.2, -0.15) is 0 Å². The number of hydrogen-bond acceptors (Lipinski definition) is 2. The second kappa shape index (κ2) is 9.34. The Hall–Kier alpha value is 1.95. The number of hydrogen-bond donors (Lipinski definition) is 2. The standard InChI is InChI=1S/C2H5OS.K/c3-1-2-4;/h1,3-4H,2H2;/q-1;+1. The van der Waals surface area contributed by atoms with E-state index >= 15 is 0 Å². The van der Waals surface area contributed by atoms with Crippen molar-refractivity contribution in [1.29, 1.82) is 0 Å². The first kappa shape index (κ1) is 10.0. The van der Waals surface area contributed by atoms with E-state index in [1.807, 2.05) is 0 Å². The van der Waals surface area contributed by atoms with E-state index in [2.05, 4.69) is 12.6 Å².